The molecule has 1 heterocycles. The number of halogens is 1. The zero-order chi connectivity index (χ0) is 20.1. The molecule has 2 aromatic rings. The normalized spacial score (nSPS) is 19.1. The summed E-state index contributed by atoms with van der Waals surface area (Å²) < 4.78 is 0. The molecule has 2 aromatic carbocycles. The standard InChI is InChI=1S/C20H20ClN3O3S/c1-13(25)12-24-19(27)17(28-20(24)23-15-5-3-2-4-6-15)11-18(26)22-16-9-7-14(21)8-10-16/h2-10,13,17,25H,11-12H2,1H3,(H,22,26)/t13-,17+/m0/s1. The van der Waals surface area contributed by atoms with Crippen molar-refractivity contribution < 1.29 is 14.7 Å². The smallest absolute Gasteiger partial charge is 0.242 e. The number of thioether (sulfide) groups is 1. The molecule has 1 aliphatic heterocycles. The van der Waals surface area contributed by atoms with E-state index in [9.17, 15) is 14.7 Å². The molecule has 8 heteroatoms. The van der Waals surface area contributed by atoms with Crippen molar-refractivity contribution in [2.24, 2.45) is 4.99 Å². The van der Waals surface area contributed by atoms with Crippen LogP contribution in [0.15, 0.2) is 59.6 Å². The third-order valence-corrected chi connectivity index (χ3v) is 5.37. The zero-order valence-electron chi connectivity index (χ0n) is 15.2. The number of β-amino-alcohol motifs (C(OH)–C–C–N with tert-alkyl or cyclic N) is 1. The molecule has 146 valence electrons. The molecule has 0 aromatic heterocycles. The number of carbonyl (C=O) groups is 2. The fourth-order valence-electron chi connectivity index (χ4n) is 2.68. The molecule has 0 unspecified atom stereocenters. The minimum Gasteiger partial charge on any atom is -0.392 e. The van der Waals surface area contributed by atoms with Crippen LogP contribution in [-0.4, -0.2) is 44.9 Å². The number of hydrogen-bond acceptors (Lipinski definition) is 5. The Morgan fingerprint density at radius 1 is 1.25 bits per heavy atom. The third kappa shape index (κ3) is 5.34. The fraction of sp³-hybridized carbons (Fsp3) is 0.250. The Morgan fingerprint density at radius 3 is 2.57 bits per heavy atom. The highest BCUT2D eigenvalue weighted by molar-refractivity contribution is 8.15. The number of nitrogens with zero attached hydrogens (tertiary/aromatic N) is 2. The lowest BCUT2D eigenvalue weighted by molar-refractivity contribution is -0.128. The first-order chi connectivity index (χ1) is 13.4. The number of hydrogen-bond donors (Lipinski definition) is 2. The molecule has 2 atom stereocenters. The number of rotatable bonds is 6. The second kappa shape index (κ2) is 9.23. The molecule has 3 rings (SSSR count). The molecule has 28 heavy (non-hydrogen) atoms. The molecule has 1 saturated heterocycles. The topological polar surface area (TPSA) is 82.0 Å². The quantitative estimate of drug-likeness (QED) is 0.751. The van der Waals surface area contributed by atoms with Gasteiger partial charge in [-0.05, 0) is 43.3 Å². The number of amides is 2. The van der Waals surface area contributed by atoms with Crippen LogP contribution in [0.25, 0.3) is 0 Å². The van der Waals surface area contributed by atoms with E-state index in [0.29, 0.717) is 21.6 Å². The maximum absolute atomic E-state index is 12.8. The monoisotopic (exact) mass is 417 g/mol. The minimum atomic E-state index is -0.702. The highest BCUT2D eigenvalue weighted by atomic mass is 35.5. The summed E-state index contributed by atoms with van der Waals surface area (Å²) in [6.07, 6.45) is -0.692. The van der Waals surface area contributed by atoms with Crippen LogP contribution in [0, 0.1) is 0 Å². The van der Waals surface area contributed by atoms with E-state index in [0.717, 1.165) is 0 Å². The number of nitrogens with one attached hydrogen (secondary N) is 1. The molecule has 1 aliphatic rings. The van der Waals surface area contributed by atoms with E-state index < -0.39 is 11.4 Å². The summed E-state index contributed by atoms with van der Waals surface area (Å²) in [5.74, 6) is -0.502. The van der Waals surface area contributed by atoms with Crippen molar-refractivity contribution in [3.05, 3.63) is 59.6 Å². The van der Waals surface area contributed by atoms with Crippen molar-refractivity contribution >= 4 is 51.7 Å². The third-order valence-electron chi connectivity index (χ3n) is 3.95. The number of carbonyl (C=O) groups excluding carboxylic acids is 2. The van der Waals surface area contributed by atoms with Crippen LogP contribution in [0.4, 0.5) is 11.4 Å². The van der Waals surface area contributed by atoms with Crippen LogP contribution in [0.5, 0.6) is 0 Å². The number of aliphatic hydroxyl groups is 1. The summed E-state index contributed by atoms with van der Waals surface area (Å²) in [5.41, 5.74) is 1.32. The SMILES string of the molecule is C[C@H](O)CN1C(=O)[C@@H](CC(=O)Nc2ccc(Cl)cc2)SC1=Nc1ccccc1. The van der Waals surface area contributed by atoms with Gasteiger partial charge in [-0.3, -0.25) is 14.5 Å². The van der Waals surface area contributed by atoms with Crippen molar-refractivity contribution in [3.8, 4) is 0 Å². The molecule has 0 bridgehead atoms. The van der Waals surface area contributed by atoms with Crippen molar-refractivity contribution in [2.75, 3.05) is 11.9 Å². The van der Waals surface area contributed by atoms with Gasteiger partial charge in [-0.2, -0.15) is 0 Å². The molecule has 1 fully saturated rings. The predicted molar refractivity (Wildman–Crippen MR) is 113 cm³/mol. The largest absolute Gasteiger partial charge is 0.392 e. The van der Waals surface area contributed by atoms with Gasteiger partial charge in [0.15, 0.2) is 5.17 Å². The summed E-state index contributed by atoms with van der Waals surface area (Å²) in [6.45, 7) is 1.74. The molecule has 0 spiro atoms. The molecule has 0 saturated carbocycles. The Kier molecular flexibility index (Phi) is 6.72. The van der Waals surface area contributed by atoms with Crippen molar-refractivity contribution in [1.29, 1.82) is 0 Å². The van der Waals surface area contributed by atoms with Crippen LogP contribution >= 0.6 is 23.4 Å². The van der Waals surface area contributed by atoms with Crippen LogP contribution in [-0.2, 0) is 9.59 Å². The number of anilines is 1. The Hall–Kier alpha value is -2.35. The maximum Gasteiger partial charge on any atom is 0.242 e. The Labute approximate surface area is 172 Å². The highest BCUT2D eigenvalue weighted by Crippen LogP contribution is 2.32. The number of amidine groups is 1. The van der Waals surface area contributed by atoms with E-state index in [2.05, 4.69) is 10.3 Å². The van der Waals surface area contributed by atoms with E-state index in [1.807, 2.05) is 30.3 Å². The maximum atomic E-state index is 12.8. The number of aliphatic hydroxyl groups excluding tert-OH is 1. The van der Waals surface area contributed by atoms with E-state index in [1.165, 1.54) is 16.7 Å². The van der Waals surface area contributed by atoms with Gasteiger partial charge < -0.3 is 10.4 Å². The van der Waals surface area contributed by atoms with Gasteiger partial charge in [-0.15, -0.1) is 0 Å². The second-order valence-corrected chi connectivity index (χ2v) is 8.00. The van der Waals surface area contributed by atoms with Gasteiger partial charge in [0.2, 0.25) is 11.8 Å². The van der Waals surface area contributed by atoms with Crippen LogP contribution < -0.4 is 5.32 Å². The van der Waals surface area contributed by atoms with Gasteiger partial charge in [0, 0.05) is 17.1 Å². The minimum absolute atomic E-state index is 0.0102. The summed E-state index contributed by atoms with van der Waals surface area (Å²) in [4.78, 5) is 31.1. The molecular weight excluding hydrogens is 398 g/mol. The number of aliphatic imine (C=N–C) groups is 1. The summed E-state index contributed by atoms with van der Waals surface area (Å²) in [5, 5.41) is 13.0. The lowest BCUT2D eigenvalue weighted by Crippen LogP contribution is -2.38. The van der Waals surface area contributed by atoms with Crippen LogP contribution in [0.2, 0.25) is 5.02 Å². The van der Waals surface area contributed by atoms with E-state index in [-0.39, 0.29) is 24.8 Å². The number of para-hydroxylation sites is 1. The summed E-state index contributed by atoms with van der Waals surface area (Å²) >= 11 is 7.08. The van der Waals surface area contributed by atoms with Gasteiger partial charge in [0.25, 0.3) is 0 Å². The number of benzene rings is 2. The van der Waals surface area contributed by atoms with E-state index >= 15 is 0 Å². The first kappa shape index (κ1) is 20.4. The average molecular weight is 418 g/mol. The lowest BCUT2D eigenvalue weighted by atomic mass is 10.2. The summed E-state index contributed by atoms with van der Waals surface area (Å²) in [7, 11) is 0. The lowest BCUT2D eigenvalue weighted by Gasteiger charge is -2.18. The van der Waals surface area contributed by atoms with Gasteiger partial charge >= 0.3 is 0 Å². The molecular formula is C20H20ClN3O3S. The van der Waals surface area contributed by atoms with Gasteiger partial charge in [0.05, 0.1) is 18.3 Å². The summed E-state index contributed by atoms with van der Waals surface area (Å²) in [6, 6.07) is 16.0. The molecule has 0 aliphatic carbocycles. The van der Waals surface area contributed by atoms with Crippen molar-refractivity contribution in [3.63, 3.8) is 0 Å². The molecule has 0 radical (unpaired) electrons. The van der Waals surface area contributed by atoms with Gasteiger partial charge in [0.1, 0.15) is 5.25 Å². The van der Waals surface area contributed by atoms with Crippen LogP contribution in [0.3, 0.4) is 0 Å². The van der Waals surface area contributed by atoms with Gasteiger partial charge in [-0.25, -0.2) is 4.99 Å². The van der Waals surface area contributed by atoms with Crippen molar-refractivity contribution in [1.82, 2.24) is 4.90 Å². The molecule has 2 N–H and O–H groups in total. The highest BCUT2D eigenvalue weighted by Gasteiger charge is 2.39. The second-order valence-electron chi connectivity index (χ2n) is 6.39. The Bertz CT molecular complexity index is 872. The average Bonchev–Trinajstić information content (AvgIpc) is 2.93. The van der Waals surface area contributed by atoms with E-state index in [1.54, 1.807) is 31.2 Å². The van der Waals surface area contributed by atoms with Gasteiger partial charge in [-0.1, -0.05) is 41.6 Å². The fourth-order valence-corrected chi connectivity index (χ4v) is 3.98. The zero-order valence-corrected chi connectivity index (χ0v) is 16.8. The Morgan fingerprint density at radius 2 is 1.93 bits per heavy atom. The predicted octanol–water partition coefficient (Wildman–Crippen LogP) is 3.68. The van der Waals surface area contributed by atoms with Crippen molar-refractivity contribution in [2.45, 2.75) is 24.7 Å². The first-order valence-corrected chi connectivity index (χ1v) is 10.0. The van der Waals surface area contributed by atoms with E-state index in [4.69, 9.17) is 11.6 Å². The molecule has 2 amide bonds. The Balaban J connectivity index is 1.72. The van der Waals surface area contributed by atoms with Crippen LogP contribution in [0.1, 0.15) is 13.3 Å². The molecule has 6 nitrogen and oxygen atoms in total. The first-order valence-electron chi connectivity index (χ1n) is 8.77.